The van der Waals surface area contributed by atoms with Crippen molar-refractivity contribution in [2.45, 2.75) is 19.9 Å². The highest BCUT2D eigenvalue weighted by Gasteiger charge is 2.28. The van der Waals surface area contributed by atoms with Crippen LogP contribution >= 0.6 is 0 Å². The fraction of sp³-hybridized carbons (Fsp3) is 0.350. The first-order chi connectivity index (χ1) is 12.9. The molecule has 3 rings (SSSR count). The zero-order valence-corrected chi connectivity index (χ0v) is 16.4. The summed E-state index contributed by atoms with van der Waals surface area (Å²) >= 11 is 0. The maximum atomic E-state index is 12.6. The van der Waals surface area contributed by atoms with Gasteiger partial charge in [0.2, 0.25) is 10.0 Å². The van der Waals surface area contributed by atoms with Gasteiger partial charge in [0.1, 0.15) is 5.75 Å². The molecular formula is C20H24N2O4S. The van der Waals surface area contributed by atoms with Gasteiger partial charge in [-0.15, -0.1) is 0 Å². The highest BCUT2D eigenvalue weighted by Crippen LogP contribution is 2.24. The largest absolute Gasteiger partial charge is 0.494 e. The number of hydrogen-bond donors (Lipinski definition) is 0. The van der Waals surface area contributed by atoms with E-state index in [-0.39, 0.29) is 11.7 Å². The van der Waals surface area contributed by atoms with Crippen LogP contribution in [0.5, 0.6) is 5.75 Å². The molecule has 0 aromatic heterocycles. The van der Waals surface area contributed by atoms with E-state index in [4.69, 9.17) is 4.74 Å². The number of hydrogen-bond acceptors (Lipinski definition) is 4. The van der Waals surface area contributed by atoms with Gasteiger partial charge in [0.05, 0.1) is 18.0 Å². The van der Waals surface area contributed by atoms with Gasteiger partial charge >= 0.3 is 0 Å². The molecule has 1 aliphatic rings. The van der Waals surface area contributed by atoms with E-state index in [0.29, 0.717) is 37.4 Å². The Morgan fingerprint density at radius 3 is 2.33 bits per heavy atom. The molecule has 1 saturated heterocycles. The van der Waals surface area contributed by atoms with Gasteiger partial charge in [0.25, 0.3) is 5.91 Å². The number of carbonyl (C=O) groups is 1. The minimum atomic E-state index is -3.21. The Balaban J connectivity index is 1.66. The van der Waals surface area contributed by atoms with Gasteiger partial charge in [-0.1, -0.05) is 12.1 Å². The van der Waals surface area contributed by atoms with Crippen LogP contribution in [0.15, 0.2) is 48.5 Å². The third-order valence-electron chi connectivity index (χ3n) is 4.50. The molecule has 1 fully saturated rings. The molecule has 0 radical (unpaired) electrons. The smallest absolute Gasteiger partial charge is 0.253 e. The summed E-state index contributed by atoms with van der Waals surface area (Å²) in [4.78, 5) is 14.3. The summed E-state index contributed by atoms with van der Waals surface area (Å²) in [7, 11) is -1.46. The predicted molar refractivity (Wildman–Crippen MR) is 106 cm³/mol. The van der Waals surface area contributed by atoms with E-state index in [9.17, 15) is 13.2 Å². The van der Waals surface area contributed by atoms with Crippen molar-refractivity contribution >= 4 is 21.6 Å². The lowest BCUT2D eigenvalue weighted by Crippen LogP contribution is -2.27. The number of nitrogens with zero attached hydrogens (tertiary/aromatic N) is 2. The molecule has 0 N–H and O–H groups in total. The van der Waals surface area contributed by atoms with Crippen LogP contribution in [0.3, 0.4) is 0 Å². The molecule has 1 aliphatic heterocycles. The number of rotatable bonds is 6. The van der Waals surface area contributed by atoms with Crippen molar-refractivity contribution in [1.82, 2.24) is 4.90 Å². The number of sulfonamides is 1. The van der Waals surface area contributed by atoms with Gasteiger partial charge < -0.3 is 9.64 Å². The first-order valence-electron chi connectivity index (χ1n) is 8.98. The Kier molecular flexibility index (Phi) is 5.70. The summed E-state index contributed by atoms with van der Waals surface area (Å²) in [5.74, 6) is 0.876. The molecule has 0 aliphatic carbocycles. The van der Waals surface area contributed by atoms with Crippen LogP contribution in [-0.4, -0.2) is 45.2 Å². The molecule has 2 aromatic carbocycles. The van der Waals surface area contributed by atoms with E-state index in [1.165, 1.54) is 4.31 Å². The first kappa shape index (κ1) is 19.2. The van der Waals surface area contributed by atoms with E-state index < -0.39 is 10.0 Å². The lowest BCUT2D eigenvalue weighted by atomic mass is 10.1. The van der Waals surface area contributed by atoms with Crippen LogP contribution in [-0.2, 0) is 16.6 Å². The van der Waals surface area contributed by atoms with Crippen LogP contribution in [0.4, 0.5) is 5.69 Å². The minimum Gasteiger partial charge on any atom is -0.494 e. The summed E-state index contributed by atoms with van der Waals surface area (Å²) in [6.45, 7) is 3.53. The van der Waals surface area contributed by atoms with E-state index in [1.807, 2.05) is 31.2 Å². The molecule has 6 nitrogen and oxygen atoms in total. The molecule has 2 aromatic rings. The number of amides is 1. The number of carbonyl (C=O) groups excluding carboxylic acids is 1. The SMILES string of the molecule is CCOc1ccc(CN(C)C(=O)c2ccc(N3CCCS3(=O)=O)cc2)cc1. The fourth-order valence-electron chi connectivity index (χ4n) is 3.12. The lowest BCUT2D eigenvalue weighted by molar-refractivity contribution is 0.0785. The van der Waals surface area contributed by atoms with Crippen molar-refractivity contribution in [2.24, 2.45) is 0 Å². The topological polar surface area (TPSA) is 66.9 Å². The Bertz CT molecular complexity index is 893. The van der Waals surface area contributed by atoms with E-state index in [2.05, 4.69) is 0 Å². The molecule has 144 valence electrons. The average molecular weight is 388 g/mol. The third kappa shape index (κ3) is 4.42. The Labute approximate surface area is 160 Å². The van der Waals surface area contributed by atoms with Crippen molar-refractivity contribution in [3.63, 3.8) is 0 Å². The van der Waals surface area contributed by atoms with Crippen molar-refractivity contribution < 1.29 is 17.9 Å². The highest BCUT2D eigenvalue weighted by atomic mass is 32.2. The van der Waals surface area contributed by atoms with Crippen molar-refractivity contribution in [1.29, 1.82) is 0 Å². The average Bonchev–Trinajstić information content (AvgIpc) is 3.02. The maximum absolute atomic E-state index is 12.6. The van der Waals surface area contributed by atoms with Gasteiger partial charge in [0.15, 0.2) is 0 Å². The van der Waals surface area contributed by atoms with Gasteiger partial charge in [-0.05, 0) is 55.3 Å². The Morgan fingerprint density at radius 2 is 1.78 bits per heavy atom. The predicted octanol–water partition coefficient (Wildman–Crippen LogP) is 2.90. The summed E-state index contributed by atoms with van der Waals surface area (Å²) in [5.41, 5.74) is 2.15. The first-order valence-corrected chi connectivity index (χ1v) is 10.6. The van der Waals surface area contributed by atoms with E-state index in [1.54, 1.807) is 36.2 Å². The zero-order valence-electron chi connectivity index (χ0n) is 15.6. The van der Waals surface area contributed by atoms with Gasteiger partial charge in [-0.3, -0.25) is 9.10 Å². The molecule has 0 unspecified atom stereocenters. The Hall–Kier alpha value is -2.54. The zero-order chi connectivity index (χ0) is 19.4. The van der Waals surface area contributed by atoms with Crippen molar-refractivity contribution in [3.8, 4) is 5.75 Å². The summed E-state index contributed by atoms with van der Waals surface area (Å²) in [5, 5.41) is 0. The second kappa shape index (κ2) is 8.00. The van der Waals surface area contributed by atoms with Crippen LogP contribution in [0.25, 0.3) is 0 Å². The summed E-state index contributed by atoms with van der Waals surface area (Å²) < 4.78 is 30.8. The maximum Gasteiger partial charge on any atom is 0.253 e. The lowest BCUT2D eigenvalue weighted by Gasteiger charge is -2.19. The van der Waals surface area contributed by atoms with Gasteiger partial charge in [-0.2, -0.15) is 0 Å². The molecule has 27 heavy (non-hydrogen) atoms. The standard InChI is InChI=1S/C20H24N2O4S/c1-3-26-19-11-5-16(6-12-19)15-21(2)20(23)17-7-9-18(10-8-17)22-13-4-14-27(22,24)25/h5-12H,3-4,13-15H2,1-2H3. The van der Waals surface area contributed by atoms with Crippen molar-refractivity contribution in [3.05, 3.63) is 59.7 Å². The molecule has 7 heteroatoms. The van der Waals surface area contributed by atoms with Gasteiger partial charge in [0, 0.05) is 25.7 Å². The van der Waals surface area contributed by atoms with E-state index >= 15 is 0 Å². The molecular weight excluding hydrogens is 364 g/mol. The number of benzene rings is 2. The quantitative estimate of drug-likeness (QED) is 0.763. The third-order valence-corrected chi connectivity index (χ3v) is 6.37. The molecule has 0 bridgehead atoms. The fourth-order valence-corrected chi connectivity index (χ4v) is 4.69. The second-order valence-corrected chi connectivity index (χ2v) is 8.54. The normalized spacial score (nSPS) is 15.6. The molecule has 1 amide bonds. The Morgan fingerprint density at radius 1 is 1.11 bits per heavy atom. The minimum absolute atomic E-state index is 0.111. The molecule has 0 saturated carbocycles. The number of ether oxygens (including phenoxy) is 1. The molecule has 0 spiro atoms. The van der Waals surface area contributed by atoms with Crippen LogP contribution in [0, 0.1) is 0 Å². The number of anilines is 1. The van der Waals surface area contributed by atoms with Gasteiger partial charge in [-0.25, -0.2) is 8.42 Å². The molecule has 0 atom stereocenters. The van der Waals surface area contributed by atoms with E-state index in [0.717, 1.165) is 11.3 Å². The monoisotopic (exact) mass is 388 g/mol. The second-order valence-electron chi connectivity index (χ2n) is 6.53. The summed E-state index contributed by atoms with van der Waals surface area (Å²) in [6.07, 6.45) is 0.633. The van der Waals surface area contributed by atoms with Crippen LogP contribution < -0.4 is 9.04 Å². The molecule has 1 heterocycles. The van der Waals surface area contributed by atoms with Crippen LogP contribution in [0.2, 0.25) is 0 Å². The van der Waals surface area contributed by atoms with Crippen LogP contribution in [0.1, 0.15) is 29.3 Å². The van der Waals surface area contributed by atoms with Crippen molar-refractivity contribution in [2.75, 3.05) is 30.3 Å². The summed E-state index contributed by atoms with van der Waals surface area (Å²) in [6, 6.07) is 14.4. The highest BCUT2D eigenvalue weighted by molar-refractivity contribution is 7.93.